The predicted octanol–water partition coefficient (Wildman–Crippen LogP) is 9.06. The van der Waals surface area contributed by atoms with E-state index in [1.54, 1.807) is 0 Å². The first kappa shape index (κ1) is 36.4. The molecule has 0 N–H and O–H groups in total. The SMILES string of the molecule is CCCCCCCCCCCCCCCCCCOCCOCCOCCOC(=O)C(CC)CCCC. The van der Waals surface area contributed by atoms with Crippen LogP contribution in [0, 0.1) is 5.92 Å². The van der Waals surface area contributed by atoms with Gasteiger partial charge in [0.25, 0.3) is 0 Å². The molecule has 0 aliphatic rings. The van der Waals surface area contributed by atoms with Crippen molar-refractivity contribution < 1.29 is 23.7 Å². The van der Waals surface area contributed by atoms with Crippen molar-refractivity contribution in [2.45, 2.75) is 149 Å². The van der Waals surface area contributed by atoms with Gasteiger partial charge in [0.1, 0.15) is 6.61 Å². The van der Waals surface area contributed by atoms with Crippen LogP contribution in [0.4, 0.5) is 0 Å². The summed E-state index contributed by atoms with van der Waals surface area (Å²) >= 11 is 0. The van der Waals surface area contributed by atoms with E-state index in [1.807, 2.05) is 6.92 Å². The maximum Gasteiger partial charge on any atom is 0.308 e. The van der Waals surface area contributed by atoms with Crippen LogP contribution in [0.2, 0.25) is 0 Å². The third-order valence-electron chi connectivity index (χ3n) is 7.09. The molecule has 0 aromatic carbocycles. The monoisotopic (exact) mass is 528 g/mol. The first-order valence-electron chi connectivity index (χ1n) is 16.2. The van der Waals surface area contributed by atoms with Crippen molar-refractivity contribution in [1.29, 1.82) is 0 Å². The average molecular weight is 529 g/mol. The van der Waals surface area contributed by atoms with E-state index in [0.717, 1.165) is 38.7 Å². The Kier molecular flexibility index (Phi) is 31.0. The van der Waals surface area contributed by atoms with Crippen LogP contribution >= 0.6 is 0 Å². The zero-order valence-corrected chi connectivity index (χ0v) is 25.2. The smallest absolute Gasteiger partial charge is 0.308 e. The molecule has 5 nitrogen and oxygen atoms in total. The molecule has 0 bridgehead atoms. The van der Waals surface area contributed by atoms with Crippen LogP contribution in [0.5, 0.6) is 0 Å². The molecule has 0 aromatic heterocycles. The van der Waals surface area contributed by atoms with Crippen molar-refractivity contribution in [3.63, 3.8) is 0 Å². The lowest BCUT2D eigenvalue weighted by Crippen LogP contribution is -2.20. The van der Waals surface area contributed by atoms with Gasteiger partial charge < -0.3 is 18.9 Å². The molecule has 5 heteroatoms. The van der Waals surface area contributed by atoms with E-state index in [1.165, 1.54) is 96.3 Å². The number of ether oxygens (including phenoxy) is 4. The van der Waals surface area contributed by atoms with Crippen molar-refractivity contribution in [3.05, 3.63) is 0 Å². The third-order valence-corrected chi connectivity index (χ3v) is 7.09. The highest BCUT2D eigenvalue weighted by Gasteiger charge is 2.16. The number of rotatable bonds is 31. The van der Waals surface area contributed by atoms with Crippen LogP contribution in [-0.2, 0) is 23.7 Å². The lowest BCUT2D eigenvalue weighted by atomic mass is 10.00. The van der Waals surface area contributed by atoms with E-state index in [2.05, 4.69) is 13.8 Å². The zero-order valence-electron chi connectivity index (χ0n) is 25.2. The van der Waals surface area contributed by atoms with Gasteiger partial charge in [0.05, 0.1) is 39.0 Å². The number of carbonyl (C=O) groups is 1. The van der Waals surface area contributed by atoms with Crippen LogP contribution in [0.25, 0.3) is 0 Å². The molecule has 0 fully saturated rings. The Morgan fingerprint density at radius 2 is 0.838 bits per heavy atom. The minimum atomic E-state index is -0.0858. The summed E-state index contributed by atoms with van der Waals surface area (Å²) in [5.41, 5.74) is 0. The van der Waals surface area contributed by atoms with E-state index in [-0.39, 0.29) is 11.9 Å². The Labute approximate surface area is 231 Å². The molecule has 0 saturated heterocycles. The fraction of sp³-hybridized carbons (Fsp3) is 0.969. The third kappa shape index (κ3) is 28.2. The topological polar surface area (TPSA) is 54.0 Å². The Morgan fingerprint density at radius 3 is 1.27 bits per heavy atom. The molecule has 0 amide bonds. The van der Waals surface area contributed by atoms with Crippen molar-refractivity contribution >= 4 is 5.97 Å². The average Bonchev–Trinajstić information content (AvgIpc) is 2.91. The summed E-state index contributed by atoms with van der Waals surface area (Å²) in [4.78, 5) is 12.0. The first-order valence-corrected chi connectivity index (χ1v) is 16.2. The standard InChI is InChI=1S/C32H64O5/c1-4-7-9-10-11-12-13-14-15-16-17-18-19-20-21-22-24-34-25-26-35-27-28-36-29-30-37-32(33)31(6-3)23-8-5-2/h31H,4-30H2,1-3H3. The number of unbranched alkanes of at least 4 members (excludes halogenated alkanes) is 16. The Morgan fingerprint density at radius 1 is 0.459 bits per heavy atom. The molecule has 0 spiro atoms. The lowest BCUT2D eigenvalue weighted by molar-refractivity contribution is -0.150. The highest BCUT2D eigenvalue weighted by Crippen LogP contribution is 2.15. The second-order valence-electron chi connectivity index (χ2n) is 10.6. The highest BCUT2D eigenvalue weighted by molar-refractivity contribution is 5.72. The summed E-state index contributed by atoms with van der Waals surface area (Å²) in [6.07, 6.45) is 26.2. The molecular formula is C32H64O5. The molecule has 1 unspecified atom stereocenters. The fourth-order valence-corrected chi connectivity index (χ4v) is 4.55. The van der Waals surface area contributed by atoms with E-state index in [9.17, 15) is 4.79 Å². The molecule has 0 aliphatic heterocycles. The summed E-state index contributed by atoms with van der Waals surface area (Å²) in [5.74, 6) is -0.0557. The van der Waals surface area contributed by atoms with Crippen LogP contribution < -0.4 is 0 Å². The molecule has 0 aliphatic carbocycles. The van der Waals surface area contributed by atoms with Gasteiger partial charge in [0.2, 0.25) is 0 Å². The lowest BCUT2D eigenvalue weighted by Gasteiger charge is -2.13. The summed E-state index contributed by atoms with van der Waals surface area (Å²) < 4.78 is 22.0. The van der Waals surface area contributed by atoms with Gasteiger partial charge in [-0.15, -0.1) is 0 Å². The summed E-state index contributed by atoms with van der Waals surface area (Å²) in [5, 5.41) is 0. The predicted molar refractivity (Wildman–Crippen MR) is 156 cm³/mol. The summed E-state index contributed by atoms with van der Waals surface area (Å²) in [6.45, 7) is 10.4. The van der Waals surface area contributed by atoms with Crippen molar-refractivity contribution in [2.75, 3.05) is 46.2 Å². The van der Waals surface area contributed by atoms with Crippen molar-refractivity contribution in [3.8, 4) is 0 Å². The van der Waals surface area contributed by atoms with Gasteiger partial charge in [0.15, 0.2) is 0 Å². The van der Waals surface area contributed by atoms with Crippen LogP contribution in [0.3, 0.4) is 0 Å². The molecule has 37 heavy (non-hydrogen) atoms. The number of hydrogen-bond donors (Lipinski definition) is 0. The maximum atomic E-state index is 12.0. The Bertz CT molecular complexity index is 443. The van der Waals surface area contributed by atoms with Crippen LogP contribution in [0.15, 0.2) is 0 Å². The molecule has 222 valence electrons. The highest BCUT2D eigenvalue weighted by atomic mass is 16.6. The Balaban J connectivity index is 3.16. The second-order valence-corrected chi connectivity index (χ2v) is 10.6. The van der Waals surface area contributed by atoms with Gasteiger partial charge in [-0.2, -0.15) is 0 Å². The van der Waals surface area contributed by atoms with Gasteiger partial charge in [0, 0.05) is 6.61 Å². The number of hydrogen-bond acceptors (Lipinski definition) is 5. The van der Waals surface area contributed by atoms with Crippen molar-refractivity contribution in [1.82, 2.24) is 0 Å². The minimum Gasteiger partial charge on any atom is -0.463 e. The molecule has 0 rings (SSSR count). The van der Waals surface area contributed by atoms with E-state index >= 15 is 0 Å². The number of esters is 1. The van der Waals surface area contributed by atoms with E-state index in [4.69, 9.17) is 18.9 Å². The second kappa shape index (κ2) is 31.6. The number of carbonyl (C=O) groups excluding carboxylic acids is 1. The zero-order chi connectivity index (χ0) is 27.1. The Hall–Kier alpha value is -0.650. The van der Waals surface area contributed by atoms with Crippen molar-refractivity contribution in [2.24, 2.45) is 5.92 Å². The van der Waals surface area contributed by atoms with Gasteiger partial charge in [-0.3, -0.25) is 4.79 Å². The molecule has 0 aromatic rings. The van der Waals surface area contributed by atoms with E-state index in [0.29, 0.717) is 39.6 Å². The van der Waals surface area contributed by atoms with Gasteiger partial charge in [-0.1, -0.05) is 130 Å². The maximum absolute atomic E-state index is 12.0. The molecule has 0 saturated carbocycles. The van der Waals surface area contributed by atoms with Crippen LogP contribution in [0.1, 0.15) is 149 Å². The fourth-order valence-electron chi connectivity index (χ4n) is 4.55. The van der Waals surface area contributed by atoms with Gasteiger partial charge in [-0.05, 0) is 19.3 Å². The summed E-state index contributed by atoms with van der Waals surface area (Å²) in [6, 6.07) is 0. The molecule has 1 atom stereocenters. The molecule has 0 heterocycles. The largest absolute Gasteiger partial charge is 0.463 e. The van der Waals surface area contributed by atoms with Gasteiger partial charge in [-0.25, -0.2) is 0 Å². The first-order chi connectivity index (χ1) is 18.3. The van der Waals surface area contributed by atoms with Gasteiger partial charge >= 0.3 is 5.97 Å². The normalized spacial score (nSPS) is 12.2. The summed E-state index contributed by atoms with van der Waals surface area (Å²) in [7, 11) is 0. The molecular weight excluding hydrogens is 464 g/mol. The molecule has 0 radical (unpaired) electrons. The minimum absolute atomic E-state index is 0.0301. The van der Waals surface area contributed by atoms with E-state index < -0.39 is 0 Å². The van der Waals surface area contributed by atoms with Crippen LogP contribution in [-0.4, -0.2) is 52.2 Å². The quantitative estimate of drug-likeness (QED) is 0.0663.